The molecule has 3 aromatic rings. The molecule has 0 saturated carbocycles. The van der Waals surface area contributed by atoms with Gasteiger partial charge in [-0.1, -0.05) is 11.6 Å². The zero-order valence-electron chi connectivity index (χ0n) is 12.0. The minimum atomic E-state index is 0.577. The van der Waals surface area contributed by atoms with Crippen LogP contribution in [0.1, 0.15) is 16.9 Å². The smallest absolute Gasteiger partial charge is 0.142 e. The minimum Gasteiger partial charge on any atom is -0.495 e. The van der Waals surface area contributed by atoms with Crippen LogP contribution in [0.4, 0.5) is 11.5 Å². The summed E-state index contributed by atoms with van der Waals surface area (Å²) in [7, 11) is 1.61. The summed E-state index contributed by atoms with van der Waals surface area (Å²) in [4.78, 5) is 11.4. The maximum atomic E-state index is 6.19. The van der Waals surface area contributed by atoms with E-state index in [1.165, 1.54) is 16.9 Å². The van der Waals surface area contributed by atoms with Crippen LogP contribution in [0.3, 0.4) is 0 Å². The summed E-state index contributed by atoms with van der Waals surface area (Å²) in [6.07, 6.45) is 5.10. The lowest BCUT2D eigenvalue weighted by atomic mass is 10.2. The van der Waals surface area contributed by atoms with Crippen LogP contribution in [0.5, 0.6) is 5.75 Å². The molecular weight excluding hydrogens is 318 g/mol. The van der Waals surface area contributed by atoms with Crippen molar-refractivity contribution in [2.45, 2.75) is 19.3 Å². The van der Waals surface area contributed by atoms with Crippen LogP contribution >= 0.6 is 22.9 Å². The zero-order valence-corrected chi connectivity index (χ0v) is 13.6. The Labute approximate surface area is 137 Å². The van der Waals surface area contributed by atoms with E-state index in [0.29, 0.717) is 10.8 Å². The third kappa shape index (κ3) is 2.21. The minimum absolute atomic E-state index is 0.577. The number of halogens is 1. The van der Waals surface area contributed by atoms with E-state index >= 15 is 0 Å². The largest absolute Gasteiger partial charge is 0.495 e. The fraction of sp³-hybridized carbons (Fsp3) is 0.250. The third-order valence-corrected chi connectivity index (χ3v) is 5.41. The molecule has 22 heavy (non-hydrogen) atoms. The highest BCUT2D eigenvalue weighted by Crippen LogP contribution is 2.40. The molecule has 0 spiro atoms. The van der Waals surface area contributed by atoms with Gasteiger partial charge in [-0.05, 0) is 43.0 Å². The molecular formula is C16H14ClN3OS. The van der Waals surface area contributed by atoms with Crippen LogP contribution in [0.15, 0.2) is 24.5 Å². The average Bonchev–Trinajstić information content (AvgIpc) is 3.08. The molecule has 1 aliphatic carbocycles. The molecule has 0 aliphatic heterocycles. The summed E-state index contributed by atoms with van der Waals surface area (Å²) in [5.41, 5.74) is 2.30. The molecule has 2 aromatic heterocycles. The molecule has 2 heterocycles. The summed E-state index contributed by atoms with van der Waals surface area (Å²) in [6, 6.07) is 5.63. The number of ether oxygens (including phenoxy) is 1. The fourth-order valence-electron chi connectivity index (χ4n) is 2.90. The highest BCUT2D eigenvalue weighted by atomic mass is 35.5. The van der Waals surface area contributed by atoms with Crippen molar-refractivity contribution in [2.24, 2.45) is 0 Å². The zero-order chi connectivity index (χ0) is 15.1. The maximum Gasteiger partial charge on any atom is 0.142 e. The van der Waals surface area contributed by atoms with Gasteiger partial charge in [0.2, 0.25) is 0 Å². The van der Waals surface area contributed by atoms with Crippen molar-refractivity contribution in [2.75, 3.05) is 12.4 Å². The number of aromatic nitrogens is 2. The normalized spacial score (nSPS) is 13.4. The first-order chi connectivity index (χ1) is 10.8. The summed E-state index contributed by atoms with van der Waals surface area (Å²) >= 11 is 7.97. The Morgan fingerprint density at radius 2 is 2.18 bits per heavy atom. The molecule has 1 aromatic carbocycles. The van der Waals surface area contributed by atoms with Gasteiger partial charge in [0, 0.05) is 10.6 Å². The van der Waals surface area contributed by atoms with Crippen LogP contribution < -0.4 is 10.1 Å². The lowest BCUT2D eigenvalue weighted by Gasteiger charge is -2.09. The van der Waals surface area contributed by atoms with Crippen molar-refractivity contribution < 1.29 is 4.74 Å². The van der Waals surface area contributed by atoms with Gasteiger partial charge in [-0.15, -0.1) is 11.3 Å². The number of benzene rings is 1. The molecule has 1 N–H and O–H groups in total. The quantitative estimate of drug-likeness (QED) is 0.762. The molecule has 0 bridgehead atoms. The highest BCUT2D eigenvalue weighted by molar-refractivity contribution is 7.19. The fourth-order valence-corrected chi connectivity index (χ4v) is 4.39. The molecule has 0 amide bonds. The van der Waals surface area contributed by atoms with Gasteiger partial charge >= 0.3 is 0 Å². The van der Waals surface area contributed by atoms with E-state index in [4.69, 9.17) is 16.3 Å². The van der Waals surface area contributed by atoms with Gasteiger partial charge in [0.15, 0.2) is 0 Å². The first-order valence-electron chi connectivity index (χ1n) is 7.12. The topological polar surface area (TPSA) is 47.0 Å². The van der Waals surface area contributed by atoms with E-state index in [1.54, 1.807) is 24.8 Å². The van der Waals surface area contributed by atoms with Crippen molar-refractivity contribution in [3.05, 3.63) is 40.0 Å². The summed E-state index contributed by atoms with van der Waals surface area (Å²) < 4.78 is 5.18. The van der Waals surface area contributed by atoms with Crippen LogP contribution in [0.25, 0.3) is 10.2 Å². The number of nitrogens with one attached hydrogen (secondary N) is 1. The maximum absolute atomic E-state index is 6.19. The molecule has 0 unspecified atom stereocenters. The Hall–Kier alpha value is -1.85. The second kappa shape index (κ2) is 5.41. The number of nitrogens with zero attached hydrogens (tertiary/aromatic N) is 2. The van der Waals surface area contributed by atoms with Gasteiger partial charge < -0.3 is 10.1 Å². The van der Waals surface area contributed by atoms with E-state index in [0.717, 1.165) is 34.6 Å². The van der Waals surface area contributed by atoms with Gasteiger partial charge in [-0.3, -0.25) is 0 Å². The lowest BCUT2D eigenvalue weighted by Crippen LogP contribution is -1.96. The molecule has 4 nitrogen and oxygen atoms in total. The predicted octanol–water partition coefficient (Wildman–Crippen LogP) is 4.59. The SMILES string of the molecule is COc1ccc(Nc2ncnc3sc4c(c23)CCC4)cc1Cl. The van der Waals surface area contributed by atoms with E-state index in [-0.39, 0.29) is 0 Å². The van der Waals surface area contributed by atoms with E-state index in [1.807, 2.05) is 18.2 Å². The number of methoxy groups -OCH3 is 1. The van der Waals surface area contributed by atoms with Crippen LogP contribution in [0, 0.1) is 0 Å². The molecule has 0 radical (unpaired) electrons. The van der Waals surface area contributed by atoms with Gasteiger partial charge in [-0.2, -0.15) is 0 Å². The van der Waals surface area contributed by atoms with E-state index in [2.05, 4.69) is 15.3 Å². The third-order valence-electron chi connectivity index (χ3n) is 3.92. The van der Waals surface area contributed by atoms with Crippen LogP contribution in [0.2, 0.25) is 5.02 Å². The Kier molecular flexibility index (Phi) is 3.39. The second-order valence-electron chi connectivity index (χ2n) is 5.23. The molecule has 1 aliphatic rings. The number of fused-ring (bicyclic) bond motifs is 3. The predicted molar refractivity (Wildman–Crippen MR) is 90.7 cm³/mol. The monoisotopic (exact) mass is 331 g/mol. The highest BCUT2D eigenvalue weighted by Gasteiger charge is 2.21. The summed E-state index contributed by atoms with van der Waals surface area (Å²) in [5.74, 6) is 1.52. The molecule has 0 fully saturated rings. The van der Waals surface area contributed by atoms with Gasteiger partial charge in [0.25, 0.3) is 0 Å². The first kappa shape index (κ1) is 13.8. The molecule has 0 atom stereocenters. The number of aryl methyl sites for hydroxylation is 2. The van der Waals surface area contributed by atoms with Crippen molar-refractivity contribution >= 4 is 44.7 Å². The first-order valence-corrected chi connectivity index (χ1v) is 8.31. The van der Waals surface area contributed by atoms with E-state index < -0.39 is 0 Å². The number of rotatable bonds is 3. The average molecular weight is 332 g/mol. The molecule has 4 rings (SSSR count). The molecule has 6 heteroatoms. The van der Waals surface area contributed by atoms with Crippen molar-refractivity contribution in [3.8, 4) is 5.75 Å². The van der Waals surface area contributed by atoms with Crippen molar-refractivity contribution in [3.63, 3.8) is 0 Å². The van der Waals surface area contributed by atoms with Gasteiger partial charge in [-0.25, -0.2) is 9.97 Å². The number of hydrogen-bond donors (Lipinski definition) is 1. The lowest BCUT2D eigenvalue weighted by molar-refractivity contribution is 0.415. The second-order valence-corrected chi connectivity index (χ2v) is 6.72. The molecule has 0 saturated heterocycles. The Bertz CT molecular complexity index is 862. The Balaban J connectivity index is 1.77. The van der Waals surface area contributed by atoms with Crippen LogP contribution in [-0.2, 0) is 12.8 Å². The number of anilines is 2. The Morgan fingerprint density at radius 1 is 1.27 bits per heavy atom. The standard InChI is InChI=1S/C16H14ClN3OS/c1-21-12-6-5-9(7-11(12)17)20-15-14-10-3-2-4-13(10)22-16(14)19-8-18-15/h5-8H,2-4H2,1H3,(H,18,19,20). The van der Waals surface area contributed by atoms with Crippen molar-refractivity contribution in [1.29, 1.82) is 0 Å². The summed E-state index contributed by atoms with van der Waals surface area (Å²) in [6.45, 7) is 0. The van der Waals surface area contributed by atoms with Crippen LogP contribution in [-0.4, -0.2) is 17.1 Å². The number of hydrogen-bond acceptors (Lipinski definition) is 5. The summed E-state index contributed by atoms with van der Waals surface area (Å²) in [5, 5.41) is 5.11. The molecule has 112 valence electrons. The number of thiophene rings is 1. The van der Waals surface area contributed by atoms with Gasteiger partial charge in [0.05, 0.1) is 17.5 Å². The van der Waals surface area contributed by atoms with E-state index in [9.17, 15) is 0 Å². The van der Waals surface area contributed by atoms with Gasteiger partial charge in [0.1, 0.15) is 22.7 Å². The Morgan fingerprint density at radius 3 is 3.00 bits per heavy atom. The van der Waals surface area contributed by atoms with Crippen molar-refractivity contribution in [1.82, 2.24) is 9.97 Å².